The summed E-state index contributed by atoms with van der Waals surface area (Å²) in [7, 11) is 0. The van der Waals surface area contributed by atoms with E-state index >= 15 is 0 Å². The van der Waals surface area contributed by atoms with Crippen molar-refractivity contribution in [3.63, 3.8) is 0 Å². The Morgan fingerprint density at radius 2 is 1.88 bits per heavy atom. The molecular formula is C13H13ClN2O. The minimum absolute atomic E-state index is 0.390. The maximum atomic E-state index is 5.65. The van der Waals surface area contributed by atoms with Gasteiger partial charge in [-0.1, -0.05) is 30.7 Å². The van der Waals surface area contributed by atoms with Crippen molar-refractivity contribution in [2.45, 2.75) is 20.0 Å². The van der Waals surface area contributed by atoms with Crippen LogP contribution in [0.4, 0.5) is 0 Å². The zero-order valence-electron chi connectivity index (χ0n) is 9.56. The van der Waals surface area contributed by atoms with Crippen molar-refractivity contribution in [1.82, 2.24) is 9.97 Å². The van der Waals surface area contributed by atoms with Crippen LogP contribution >= 0.6 is 11.6 Å². The predicted octanol–water partition coefficient (Wildman–Crippen LogP) is 3.27. The standard InChI is InChI=1S/C13H13ClN2O/c1-2-10-3-5-12(6-4-10)17-9-11-7-16-13(14)8-15-11/h3-8H,2,9H2,1H3. The first-order valence-corrected chi connectivity index (χ1v) is 5.84. The first kappa shape index (κ1) is 11.9. The van der Waals surface area contributed by atoms with Gasteiger partial charge in [-0.05, 0) is 24.1 Å². The Morgan fingerprint density at radius 3 is 2.47 bits per heavy atom. The van der Waals surface area contributed by atoms with Crippen molar-refractivity contribution in [1.29, 1.82) is 0 Å². The van der Waals surface area contributed by atoms with E-state index in [2.05, 4.69) is 29.0 Å². The smallest absolute Gasteiger partial charge is 0.147 e. The highest BCUT2D eigenvalue weighted by molar-refractivity contribution is 6.29. The molecule has 1 aromatic carbocycles. The largest absolute Gasteiger partial charge is 0.487 e. The summed E-state index contributed by atoms with van der Waals surface area (Å²) in [5.74, 6) is 0.832. The number of hydrogen-bond acceptors (Lipinski definition) is 3. The molecule has 0 radical (unpaired) electrons. The van der Waals surface area contributed by atoms with E-state index < -0.39 is 0 Å². The predicted molar refractivity (Wildman–Crippen MR) is 67.2 cm³/mol. The van der Waals surface area contributed by atoms with Crippen molar-refractivity contribution in [2.75, 3.05) is 0 Å². The van der Waals surface area contributed by atoms with Crippen molar-refractivity contribution in [3.05, 3.63) is 53.1 Å². The fourth-order valence-corrected chi connectivity index (χ4v) is 1.49. The normalized spacial score (nSPS) is 10.2. The van der Waals surface area contributed by atoms with Crippen molar-refractivity contribution >= 4 is 11.6 Å². The van der Waals surface area contributed by atoms with Gasteiger partial charge in [0.05, 0.1) is 18.1 Å². The molecule has 0 aliphatic carbocycles. The average Bonchev–Trinajstić information content (AvgIpc) is 2.39. The molecule has 0 atom stereocenters. The second kappa shape index (κ2) is 5.64. The summed E-state index contributed by atoms with van der Waals surface area (Å²) < 4.78 is 5.59. The topological polar surface area (TPSA) is 35.0 Å². The van der Waals surface area contributed by atoms with Crippen LogP contribution in [-0.2, 0) is 13.0 Å². The van der Waals surface area contributed by atoms with E-state index in [4.69, 9.17) is 16.3 Å². The highest BCUT2D eigenvalue weighted by Crippen LogP contribution is 2.14. The summed E-state index contributed by atoms with van der Waals surface area (Å²) in [6.07, 6.45) is 4.16. The Morgan fingerprint density at radius 1 is 1.12 bits per heavy atom. The highest BCUT2D eigenvalue weighted by Gasteiger charge is 1.98. The molecular weight excluding hydrogens is 236 g/mol. The Balaban J connectivity index is 1.95. The third-order valence-electron chi connectivity index (χ3n) is 2.39. The maximum Gasteiger partial charge on any atom is 0.147 e. The Bertz CT molecular complexity index is 468. The SMILES string of the molecule is CCc1ccc(OCc2cnc(Cl)cn2)cc1. The second-order valence-electron chi connectivity index (χ2n) is 3.62. The van der Waals surface area contributed by atoms with Gasteiger partial charge in [0.25, 0.3) is 0 Å². The monoisotopic (exact) mass is 248 g/mol. The summed E-state index contributed by atoms with van der Waals surface area (Å²) in [6, 6.07) is 8.04. The number of rotatable bonds is 4. The molecule has 17 heavy (non-hydrogen) atoms. The van der Waals surface area contributed by atoms with Gasteiger partial charge in [0.15, 0.2) is 0 Å². The number of aromatic nitrogens is 2. The summed E-state index contributed by atoms with van der Waals surface area (Å²) in [6.45, 7) is 2.52. The zero-order chi connectivity index (χ0) is 12.1. The molecule has 4 heteroatoms. The van der Waals surface area contributed by atoms with Gasteiger partial charge in [-0.2, -0.15) is 0 Å². The van der Waals surface area contributed by atoms with E-state index in [1.807, 2.05) is 12.1 Å². The van der Waals surface area contributed by atoms with Crippen molar-refractivity contribution in [3.8, 4) is 5.75 Å². The van der Waals surface area contributed by atoms with Crippen LogP contribution in [0.25, 0.3) is 0 Å². The number of hydrogen-bond donors (Lipinski definition) is 0. The average molecular weight is 249 g/mol. The Kier molecular flexibility index (Phi) is 3.94. The molecule has 0 aliphatic heterocycles. The van der Waals surface area contributed by atoms with Gasteiger partial charge >= 0.3 is 0 Å². The van der Waals surface area contributed by atoms with Crippen LogP contribution in [0.1, 0.15) is 18.2 Å². The van der Waals surface area contributed by atoms with Crippen LogP contribution < -0.4 is 4.74 Å². The van der Waals surface area contributed by atoms with Gasteiger partial charge < -0.3 is 4.74 Å². The van der Waals surface area contributed by atoms with Gasteiger partial charge in [-0.3, -0.25) is 4.98 Å². The van der Waals surface area contributed by atoms with Crippen LogP contribution in [0.15, 0.2) is 36.7 Å². The summed E-state index contributed by atoms with van der Waals surface area (Å²) in [4.78, 5) is 8.05. The van der Waals surface area contributed by atoms with Crippen LogP contribution in [0, 0.1) is 0 Å². The molecule has 0 aliphatic rings. The van der Waals surface area contributed by atoms with Crippen molar-refractivity contribution < 1.29 is 4.74 Å². The number of benzene rings is 1. The molecule has 1 heterocycles. The fraction of sp³-hybridized carbons (Fsp3) is 0.231. The minimum atomic E-state index is 0.390. The Labute approximate surface area is 105 Å². The fourth-order valence-electron chi connectivity index (χ4n) is 1.39. The third-order valence-corrected chi connectivity index (χ3v) is 2.59. The molecule has 2 aromatic rings. The molecule has 0 fully saturated rings. The lowest BCUT2D eigenvalue weighted by Crippen LogP contribution is -1.98. The van der Waals surface area contributed by atoms with Gasteiger partial charge in [-0.25, -0.2) is 4.98 Å². The number of ether oxygens (including phenoxy) is 1. The number of nitrogens with zero attached hydrogens (tertiary/aromatic N) is 2. The molecule has 0 saturated carbocycles. The van der Waals surface area contributed by atoms with Gasteiger partial charge in [-0.15, -0.1) is 0 Å². The van der Waals surface area contributed by atoms with E-state index in [1.54, 1.807) is 6.20 Å². The second-order valence-corrected chi connectivity index (χ2v) is 4.00. The van der Waals surface area contributed by atoms with Crippen LogP contribution in [0.3, 0.4) is 0 Å². The molecule has 0 spiro atoms. The lowest BCUT2D eigenvalue weighted by molar-refractivity contribution is 0.300. The minimum Gasteiger partial charge on any atom is -0.487 e. The summed E-state index contributed by atoms with van der Waals surface area (Å²) in [5.41, 5.74) is 2.05. The number of halogens is 1. The lowest BCUT2D eigenvalue weighted by Gasteiger charge is -2.06. The van der Waals surface area contributed by atoms with E-state index in [9.17, 15) is 0 Å². The molecule has 88 valence electrons. The third kappa shape index (κ3) is 3.43. The quantitative estimate of drug-likeness (QED) is 0.833. The van der Waals surface area contributed by atoms with Crippen molar-refractivity contribution in [2.24, 2.45) is 0 Å². The van der Waals surface area contributed by atoms with Crippen LogP contribution in [0.5, 0.6) is 5.75 Å². The number of aryl methyl sites for hydroxylation is 1. The van der Waals surface area contributed by atoms with E-state index in [0.29, 0.717) is 11.8 Å². The first-order chi connectivity index (χ1) is 8.28. The van der Waals surface area contributed by atoms with Gasteiger partial charge in [0, 0.05) is 0 Å². The summed E-state index contributed by atoms with van der Waals surface area (Å²) in [5, 5.41) is 0.390. The molecule has 3 nitrogen and oxygen atoms in total. The van der Waals surface area contributed by atoms with Gasteiger partial charge in [0.1, 0.15) is 17.5 Å². The van der Waals surface area contributed by atoms with Crippen LogP contribution in [0.2, 0.25) is 5.15 Å². The lowest BCUT2D eigenvalue weighted by atomic mass is 10.2. The molecule has 0 N–H and O–H groups in total. The molecule has 1 aromatic heterocycles. The molecule has 0 saturated heterocycles. The molecule has 0 unspecified atom stereocenters. The van der Waals surface area contributed by atoms with E-state index in [-0.39, 0.29) is 0 Å². The zero-order valence-corrected chi connectivity index (χ0v) is 10.3. The molecule has 0 amide bonds. The molecule has 0 bridgehead atoms. The first-order valence-electron chi connectivity index (χ1n) is 5.46. The van der Waals surface area contributed by atoms with Gasteiger partial charge in [0.2, 0.25) is 0 Å². The molecule has 2 rings (SSSR count). The summed E-state index contributed by atoms with van der Waals surface area (Å²) >= 11 is 5.65. The van der Waals surface area contributed by atoms with E-state index in [1.165, 1.54) is 11.8 Å². The van der Waals surface area contributed by atoms with Crippen LogP contribution in [-0.4, -0.2) is 9.97 Å². The maximum absolute atomic E-state index is 5.65. The Hall–Kier alpha value is -1.61. The highest BCUT2D eigenvalue weighted by atomic mass is 35.5. The van der Waals surface area contributed by atoms with E-state index in [0.717, 1.165) is 17.9 Å².